The molecule has 0 aliphatic carbocycles. The third kappa shape index (κ3) is 5.14. The molecule has 4 rings (SSSR count). The van der Waals surface area contributed by atoms with Gasteiger partial charge in [-0.05, 0) is 30.3 Å². The number of benzene rings is 1. The maximum absolute atomic E-state index is 12.9. The van der Waals surface area contributed by atoms with E-state index >= 15 is 0 Å². The van der Waals surface area contributed by atoms with Crippen LogP contribution < -0.4 is 15.6 Å². The molecular weight excluding hydrogens is 487 g/mol. The van der Waals surface area contributed by atoms with Crippen molar-refractivity contribution in [1.29, 1.82) is 0 Å². The van der Waals surface area contributed by atoms with Crippen molar-refractivity contribution in [2.24, 2.45) is 0 Å². The minimum absolute atomic E-state index is 0.125. The first-order chi connectivity index (χ1) is 15.7. The molecule has 4 aromatic rings. The van der Waals surface area contributed by atoms with Gasteiger partial charge in [-0.2, -0.15) is 4.98 Å². The highest BCUT2D eigenvalue weighted by Gasteiger charge is 2.18. The molecule has 0 saturated heterocycles. The Kier molecular flexibility index (Phi) is 6.61. The summed E-state index contributed by atoms with van der Waals surface area (Å²) in [6.45, 7) is 0.343. The Balaban J connectivity index is 1.92. The van der Waals surface area contributed by atoms with Crippen molar-refractivity contribution in [1.82, 2.24) is 24.2 Å². The second kappa shape index (κ2) is 9.44. The number of hydrogen-bond acceptors (Lipinski definition) is 7. The first kappa shape index (κ1) is 23.1. The summed E-state index contributed by atoms with van der Waals surface area (Å²) in [5.74, 6) is 0.194. The maximum Gasteiger partial charge on any atom is 0.256 e. The largest absolute Gasteiger partial charge is 0.353 e. The molecule has 2 N–H and O–H groups in total. The average Bonchev–Trinajstić information content (AvgIpc) is 2.77. The number of pyridine rings is 2. The van der Waals surface area contributed by atoms with Crippen molar-refractivity contribution in [3.05, 3.63) is 75.3 Å². The molecule has 0 spiro atoms. The average molecular weight is 505 g/mol. The molecule has 0 amide bonds. The second-order valence-corrected chi connectivity index (χ2v) is 9.69. The van der Waals surface area contributed by atoms with Gasteiger partial charge < -0.3 is 5.32 Å². The zero-order valence-electron chi connectivity index (χ0n) is 17.3. The summed E-state index contributed by atoms with van der Waals surface area (Å²) >= 11 is 12.8. The molecule has 3 heterocycles. The van der Waals surface area contributed by atoms with E-state index in [1.165, 1.54) is 10.6 Å². The van der Waals surface area contributed by atoms with Crippen LogP contribution in [-0.4, -0.2) is 47.3 Å². The summed E-state index contributed by atoms with van der Waals surface area (Å²) in [5, 5.41) is 4.14. The van der Waals surface area contributed by atoms with Gasteiger partial charge in [0.1, 0.15) is 0 Å². The fourth-order valence-corrected chi connectivity index (χ4v) is 4.29. The quantitative estimate of drug-likeness (QED) is 0.371. The van der Waals surface area contributed by atoms with Crippen LogP contribution in [0.1, 0.15) is 0 Å². The number of halogens is 2. The van der Waals surface area contributed by atoms with Crippen LogP contribution in [0.5, 0.6) is 0 Å². The standard InChI is InChI=1S/C21H18Cl2N6O3S/c1-33(31,32)26-11-10-25-21-27-18(13-4-3-9-24-12-13)14-7-8-17(30)29(20(14)28-21)19-15(22)5-2-6-16(19)23/h2-9,12,26H,10-11H2,1H3,(H,25,27,28). The minimum atomic E-state index is -3.34. The predicted octanol–water partition coefficient (Wildman–Crippen LogP) is 3.11. The van der Waals surface area contributed by atoms with Crippen LogP contribution in [0.2, 0.25) is 10.0 Å². The topological polar surface area (TPSA) is 119 Å². The molecule has 170 valence electrons. The molecular formula is C21H18Cl2N6O3S. The molecule has 1 aromatic carbocycles. The van der Waals surface area contributed by atoms with Crippen LogP contribution in [0.3, 0.4) is 0 Å². The van der Waals surface area contributed by atoms with Crippen molar-refractivity contribution in [2.75, 3.05) is 24.7 Å². The highest BCUT2D eigenvalue weighted by molar-refractivity contribution is 7.88. The third-order valence-corrected chi connectivity index (χ3v) is 5.96. The number of para-hydroxylation sites is 1. The fourth-order valence-electron chi connectivity index (χ4n) is 3.25. The highest BCUT2D eigenvalue weighted by Crippen LogP contribution is 2.32. The van der Waals surface area contributed by atoms with Gasteiger partial charge in [0.2, 0.25) is 16.0 Å². The first-order valence-corrected chi connectivity index (χ1v) is 12.4. The Labute approximate surface area is 199 Å². The summed E-state index contributed by atoms with van der Waals surface area (Å²) in [6.07, 6.45) is 4.36. The van der Waals surface area contributed by atoms with Gasteiger partial charge in [0.15, 0.2) is 5.65 Å². The van der Waals surface area contributed by atoms with Crippen LogP contribution in [0.25, 0.3) is 28.0 Å². The Hall–Kier alpha value is -3.05. The second-order valence-electron chi connectivity index (χ2n) is 7.05. The molecule has 0 atom stereocenters. The predicted molar refractivity (Wildman–Crippen MR) is 130 cm³/mol. The van der Waals surface area contributed by atoms with Gasteiger partial charge in [-0.3, -0.25) is 14.3 Å². The smallest absolute Gasteiger partial charge is 0.256 e. The Bertz CT molecular complexity index is 1470. The van der Waals surface area contributed by atoms with E-state index in [2.05, 4.69) is 25.0 Å². The van der Waals surface area contributed by atoms with E-state index in [0.717, 1.165) is 6.26 Å². The van der Waals surface area contributed by atoms with Crippen LogP contribution in [-0.2, 0) is 10.0 Å². The molecule has 0 radical (unpaired) electrons. The number of nitrogens with one attached hydrogen (secondary N) is 2. The summed E-state index contributed by atoms with van der Waals surface area (Å²) in [6, 6.07) is 11.6. The molecule has 3 aromatic heterocycles. The SMILES string of the molecule is CS(=O)(=O)NCCNc1nc(-c2cccnc2)c2ccc(=O)n(-c3c(Cl)cccc3Cl)c2n1. The zero-order valence-corrected chi connectivity index (χ0v) is 19.6. The molecule has 12 heteroatoms. The Morgan fingerprint density at radius 3 is 2.42 bits per heavy atom. The number of anilines is 1. The summed E-state index contributed by atoms with van der Waals surface area (Å²) in [4.78, 5) is 26.2. The van der Waals surface area contributed by atoms with Crippen LogP contribution in [0, 0.1) is 0 Å². The molecule has 0 bridgehead atoms. The lowest BCUT2D eigenvalue weighted by Gasteiger charge is -2.16. The zero-order chi connectivity index (χ0) is 23.6. The van der Waals surface area contributed by atoms with Gasteiger partial charge >= 0.3 is 0 Å². The Morgan fingerprint density at radius 1 is 1.00 bits per heavy atom. The van der Waals surface area contributed by atoms with Crippen LogP contribution >= 0.6 is 23.2 Å². The maximum atomic E-state index is 12.9. The van der Waals surface area contributed by atoms with E-state index in [-0.39, 0.29) is 40.3 Å². The third-order valence-electron chi connectivity index (χ3n) is 4.62. The first-order valence-electron chi connectivity index (χ1n) is 9.72. The molecule has 33 heavy (non-hydrogen) atoms. The summed E-state index contributed by atoms with van der Waals surface area (Å²) < 4.78 is 26.4. The van der Waals surface area contributed by atoms with Crippen molar-refractivity contribution in [3.8, 4) is 16.9 Å². The van der Waals surface area contributed by atoms with E-state index in [1.807, 2.05) is 6.07 Å². The summed E-state index contributed by atoms with van der Waals surface area (Å²) in [5.41, 5.74) is 1.45. The lowest BCUT2D eigenvalue weighted by molar-refractivity contribution is 0.589. The van der Waals surface area contributed by atoms with Crippen molar-refractivity contribution >= 4 is 50.2 Å². The molecule has 0 unspecified atom stereocenters. The number of fused-ring (bicyclic) bond motifs is 1. The number of rotatable bonds is 7. The van der Waals surface area contributed by atoms with E-state index in [4.69, 9.17) is 23.2 Å². The van der Waals surface area contributed by atoms with Gasteiger partial charge in [-0.25, -0.2) is 18.1 Å². The van der Waals surface area contributed by atoms with E-state index in [1.54, 1.807) is 42.7 Å². The molecule has 0 aliphatic rings. The van der Waals surface area contributed by atoms with Crippen LogP contribution in [0.4, 0.5) is 5.95 Å². The number of hydrogen-bond donors (Lipinski definition) is 2. The normalized spacial score (nSPS) is 11.6. The van der Waals surface area contributed by atoms with Gasteiger partial charge in [0.25, 0.3) is 5.56 Å². The van der Waals surface area contributed by atoms with Crippen molar-refractivity contribution in [2.45, 2.75) is 0 Å². The van der Waals surface area contributed by atoms with E-state index in [0.29, 0.717) is 22.3 Å². The Morgan fingerprint density at radius 2 is 1.76 bits per heavy atom. The van der Waals surface area contributed by atoms with Crippen molar-refractivity contribution in [3.63, 3.8) is 0 Å². The fraction of sp³-hybridized carbons (Fsp3) is 0.143. The summed E-state index contributed by atoms with van der Waals surface area (Å²) in [7, 11) is -3.34. The van der Waals surface area contributed by atoms with E-state index < -0.39 is 10.0 Å². The number of nitrogens with zero attached hydrogens (tertiary/aromatic N) is 4. The van der Waals surface area contributed by atoms with Crippen molar-refractivity contribution < 1.29 is 8.42 Å². The molecule has 0 aliphatic heterocycles. The molecule has 0 fully saturated rings. The van der Waals surface area contributed by atoms with Gasteiger partial charge in [-0.15, -0.1) is 0 Å². The van der Waals surface area contributed by atoms with E-state index in [9.17, 15) is 13.2 Å². The lowest BCUT2D eigenvalue weighted by atomic mass is 10.1. The van der Waals surface area contributed by atoms with Crippen LogP contribution in [0.15, 0.2) is 59.7 Å². The van der Waals surface area contributed by atoms with Gasteiger partial charge in [-0.1, -0.05) is 29.3 Å². The molecule has 0 saturated carbocycles. The molecule has 9 nitrogen and oxygen atoms in total. The highest BCUT2D eigenvalue weighted by atomic mass is 35.5. The lowest BCUT2D eigenvalue weighted by Crippen LogP contribution is -2.28. The number of aromatic nitrogens is 4. The minimum Gasteiger partial charge on any atom is -0.353 e. The number of sulfonamides is 1. The van der Waals surface area contributed by atoms with Gasteiger partial charge in [0, 0.05) is 42.5 Å². The van der Waals surface area contributed by atoms with Gasteiger partial charge in [0.05, 0.1) is 27.7 Å². The monoisotopic (exact) mass is 504 g/mol.